The first-order valence-electron chi connectivity index (χ1n) is 4.31. The molecular formula is C11H9BrO3. The molecule has 0 amide bonds. The van der Waals surface area contributed by atoms with E-state index in [9.17, 15) is 14.4 Å². The second-order valence-electron chi connectivity index (χ2n) is 3.09. The highest BCUT2D eigenvalue weighted by molar-refractivity contribution is 9.09. The monoisotopic (exact) mass is 268 g/mol. The maximum atomic E-state index is 11.2. The number of carbonyl (C=O) groups excluding carboxylic acids is 3. The van der Waals surface area contributed by atoms with Crippen LogP contribution in [0.15, 0.2) is 18.2 Å². The lowest BCUT2D eigenvalue weighted by molar-refractivity contribution is -0.115. The fourth-order valence-electron chi connectivity index (χ4n) is 1.26. The number of hydrogen-bond acceptors (Lipinski definition) is 3. The molecule has 0 radical (unpaired) electrons. The molecular weight excluding hydrogens is 260 g/mol. The molecule has 0 heterocycles. The summed E-state index contributed by atoms with van der Waals surface area (Å²) in [7, 11) is 0. The van der Waals surface area contributed by atoms with Gasteiger partial charge in [-0.3, -0.25) is 14.4 Å². The summed E-state index contributed by atoms with van der Waals surface area (Å²) < 4.78 is 0. The number of benzene rings is 1. The number of halogens is 1. The van der Waals surface area contributed by atoms with Crippen molar-refractivity contribution in [2.45, 2.75) is 6.42 Å². The Balaban J connectivity index is 3.01. The molecule has 3 nitrogen and oxygen atoms in total. The summed E-state index contributed by atoms with van der Waals surface area (Å²) in [5.74, 6) is 0.00916. The van der Waals surface area contributed by atoms with E-state index in [1.165, 1.54) is 6.07 Å². The van der Waals surface area contributed by atoms with Gasteiger partial charge in [0.2, 0.25) is 0 Å². The molecule has 1 rings (SSSR count). The van der Waals surface area contributed by atoms with Crippen LogP contribution in [0.25, 0.3) is 0 Å². The van der Waals surface area contributed by atoms with Crippen molar-refractivity contribution < 1.29 is 14.4 Å². The number of hydrogen-bond donors (Lipinski definition) is 0. The molecule has 15 heavy (non-hydrogen) atoms. The Labute approximate surface area is 95.6 Å². The van der Waals surface area contributed by atoms with Crippen LogP contribution in [0.2, 0.25) is 0 Å². The highest BCUT2D eigenvalue weighted by Crippen LogP contribution is 2.09. The lowest BCUT2D eigenvalue weighted by Crippen LogP contribution is -2.04. The molecule has 0 bridgehead atoms. The highest BCUT2D eigenvalue weighted by atomic mass is 79.9. The van der Waals surface area contributed by atoms with Crippen LogP contribution in [0.5, 0.6) is 0 Å². The maximum absolute atomic E-state index is 11.2. The van der Waals surface area contributed by atoms with Crippen LogP contribution in [-0.4, -0.2) is 23.7 Å². The van der Waals surface area contributed by atoms with Gasteiger partial charge in [0.1, 0.15) is 18.4 Å². The van der Waals surface area contributed by atoms with Gasteiger partial charge in [-0.1, -0.05) is 15.9 Å². The first-order valence-corrected chi connectivity index (χ1v) is 5.43. The van der Waals surface area contributed by atoms with Gasteiger partial charge in [-0.25, -0.2) is 0 Å². The number of carbonyl (C=O) groups is 3. The minimum atomic E-state index is 0.00916. The third-order valence-corrected chi connectivity index (χ3v) is 2.49. The topological polar surface area (TPSA) is 51.2 Å². The average Bonchev–Trinajstić information content (AvgIpc) is 2.28. The van der Waals surface area contributed by atoms with Gasteiger partial charge in [0.25, 0.3) is 0 Å². The lowest BCUT2D eigenvalue weighted by Gasteiger charge is -2.01. The van der Waals surface area contributed by atoms with Gasteiger partial charge in [-0.2, -0.15) is 0 Å². The molecule has 0 spiro atoms. The first kappa shape index (κ1) is 11.8. The van der Waals surface area contributed by atoms with Crippen molar-refractivity contribution in [1.82, 2.24) is 0 Å². The number of rotatable bonds is 5. The molecule has 4 heteroatoms. The summed E-state index contributed by atoms with van der Waals surface area (Å²) in [4.78, 5) is 32.3. The Kier molecular flexibility index (Phi) is 4.37. The second-order valence-corrected chi connectivity index (χ2v) is 3.65. The zero-order valence-electron chi connectivity index (χ0n) is 7.90. The van der Waals surface area contributed by atoms with E-state index in [1.807, 2.05) is 0 Å². The third kappa shape index (κ3) is 3.40. The quantitative estimate of drug-likeness (QED) is 0.605. The van der Waals surface area contributed by atoms with E-state index in [2.05, 4.69) is 15.9 Å². The summed E-state index contributed by atoms with van der Waals surface area (Å²) in [5.41, 5.74) is 1.51. The van der Waals surface area contributed by atoms with E-state index < -0.39 is 0 Å². The molecule has 0 saturated heterocycles. The van der Waals surface area contributed by atoms with Gasteiger partial charge in [0, 0.05) is 17.5 Å². The van der Waals surface area contributed by atoms with Crippen molar-refractivity contribution in [3.8, 4) is 0 Å². The van der Waals surface area contributed by atoms with Crippen molar-refractivity contribution in [3.05, 3.63) is 34.9 Å². The lowest BCUT2D eigenvalue weighted by atomic mass is 10.0. The normalized spacial score (nSPS) is 9.67. The van der Waals surface area contributed by atoms with Crippen LogP contribution >= 0.6 is 15.9 Å². The molecule has 0 fully saturated rings. The van der Waals surface area contributed by atoms with E-state index >= 15 is 0 Å². The van der Waals surface area contributed by atoms with Gasteiger partial charge in [0.05, 0.1) is 5.33 Å². The van der Waals surface area contributed by atoms with Crippen LogP contribution in [-0.2, 0) is 11.2 Å². The minimum absolute atomic E-state index is 0.00916. The largest absolute Gasteiger partial charge is 0.298 e. The van der Waals surface area contributed by atoms with E-state index in [1.54, 1.807) is 12.1 Å². The molecule has 0 aliphatic rings. The predicted octanol–water partition coefficient (Wildman–Crippen LogP) is 1.82. The molecule has 0 atom stereocenters. The highest BCUT2D eigenvalue weighted by Gasteiger charge is 2.04. The van der Waals surface area contributed by atoms with E-state index in [0.29, 0.717) is 29.3 Å². The molecule has 1 aromatic carbocycles. The van der Waals surface area contributed by atoms with Gasteiger partial charge < -0.3 is 0 Å². The molecule has 0 aliphatic heterocycles. The molecule has 0 unspecified atom stereocenters. The van der Waals surface area contributed by atoms with Crippen molar-refractivity contribution in [1.29, 1.82) is 0 Å². The van der Waals surface area contributed by atoms with Crippen LogP contribution < -0.4 is 0 Å². The summed E-state index contributed by atoms with van der Waals surface area (Å²) in [5, 5.41) is 0.273. The van der Waals surface area contributed by atoms with E-state index in [-0.39, 0.29) is 17.5 Å². The van der Waals surface area contributed by atoms with Gasteiger partial charge in [0.15, 0.2) is 0 Å². The Morgan fingerprint density at radius 3 is 2.07 bits per heavy atom. The summed E-state index contributed by atoms with van der Waals surface area (Å²) in [6.07, 6.45) is 1.55. The van der Waals surface area contributed by atoms with Gasteiger partial charge in [-0.05, 0) is 23.8 Å². The summed E-state index contributed by atoms with van der Waals surface area (Å²) in [6.45, 7) is 0. The smallest absolute Gasteiger partial charge is 0.150 e. The standard InChI is InChI=1S/C11H9BrO3/c12-5-11(15)4-8-1-9(6-13)3-10(2-8)7-14/h1-3,6-7H,4-5H2. The molecule has 1 aromatic rings. The number of aldehydes is 2. The van der Waals surface area contributed by atoms with Crippen LogP contribution in [0.3, 0.4) is 0 Å². The number of ketones is 1. The average molecular weight is 269 g/mol. The van der Waals surface area contributed by atoms with Crippen molar-refractivity contribution in [3.63, 3.8) is 0 Å². The molecule has 0 aromatic heterocycles. The maximum Gasteiger partial charge on any atom is 0.150 e. The minimum Gasteiger partial charge on any atom is -0.298 e. The number of Topliss-reactive ketones (excluding diaryl/α,β-unsaturated/α-hetero) is 1. The zero-order valence-corrected chi connectivity index (χ0v) is 9.49. The Morgan fingerprint density at radius 2 is 1.67 bits per heavy atom. The Hall–Kier alpha value is -1.29. The Morgan fingerprint density at radius 1 is 1.13 bits per heavy atom. The van der Waals surface area contributed by atoms with Crippen molar-refractivity contribution >= 4 is 34.3 Å². The summed E-state index contributed by atoms with van der Waals surface area (Å²) in [6, 6.07) is 4.71. The predicted molar refractivity (Wildman–Crippen MR) is 59.7 cm³/mol. The van der Waals surface area contributed by atoms with E-state index in [4.69, 9.17) is 0 Å². The van der Waals surface area contributed by atoms with Crippen LogP contribution in [0.4, 0.5) is 0 Å². The van der Waals surface area contributed by atoms with Crippen LogP contribution in [0, 0.1) is 0 Å². The fraction of sp³-hybridized carbons (Fsp3) is 0.182. The van der Waals surface area contributed by atoms with E-state index in [0.717, 1.165) is 0 Å². The SMILES string of the molecule is O=Cc1cc(C=O)cc(CC(=O)CBr)c1. The molecule has 0 saturated carbocycles. The zero-order chi connectivity index (χ0) is 11.3. The van der Waals surface area contributed by atoms with Crippen molar-refractivity contribution in [2.24, 2.45) is 0 Å². The van der Waals surface area contributed by atoms with Crippen LogP contribution in [0.1, 0.15) is 26.3 Å². The molecule has 0 aliphatic carbocycles. The van der Waals surface area contributed by atoms with Gasteiger partial charge >= 0.3 is 0 Å². The number of alkyl halides is 1. The molecule has 78 valence electrons. The second kappa shape index (κ2) is 5.56. The fourth-order valence-corrected chi connectivity index (χ4v) is 1.46. The first-order chi connectivity index (χ1) is 7.19. The Bertz CT molecular complexity index is 373. The molecule has 0 N–H and O–H groups in total. The third-order valence-electron chi connectivity index (χ3n) is 1.86. The van der Waals surface area contributed by atoms with Gasteiger partial charge in [-0.15, -0.1) is 0 Å². The van der Waals surface area contributed by atoms with Crippen molar-refractivity contribution in [2.75, 3.05) is 5.33 Å². The summed E-state index contributed by atoms with van der Waals surface area (Å²) >= 11 is 3.05.